The van der Waals surface area contributed by atoms with E-state index in [1.807, 2.05) is 43.3 Å². The van der Waals surface area contributed by atoms with Crippen molar-refractivity contribution >= 4 is 16.9 Å². The van der Waals surface area contributed by atoms with E-state index < -0.39 is 0 Å². The van der Waals surface area contributed by atoms with Crippen molar-refractivity contribution in [2.45, 2.75) is 20.3 Å². The largest absolute Gasteiger partial charge is 0.289 e. The molecule has 1 nitrogen and oxygen atoms in total. The van der Waals surface area contributed by atoms with Crippen LogP contribution in [0.4, 0.5) is 0 Å². The molecule has 0 amide bonds. The summed E-state index contributed by atoms with van der Waals surface area (Å²) in [5.41, 5.74) is 6.22. The highest BCUT2D eigenvalue weighted by Gasteiger charge is 2.29. The first-order valence-corrected chi connectivity index (χ1v) is 7.34. The van der Waals surface area contributed by atoms with Crippen LogP contribution in [0.1, 0.15) is 31.4 Å². The smallest absolute Gasteiger partial charge is 0.185 e. The maximum atomic E-state index is 12.6. The van der Waals surface area contributed by atoms with Gasteiger partial charge in [0.05, 0.1) is 0 Å². The Hall–Kier alpha value is -2.41. The van der Waals surface area contributed by atoms with Gasteiger partial charge in [-0.3, -0.25) is 4.79 Å². The molecule has 2 aromatic rings. The lowest BCUT2D eigenvalue weighted by Gasteiger charge is -2.12. The highest BCUT2D eigenvalue weighted by molar-refractivity contribution is 6.31. The summed E-state index contributed by atoms with van der Waals surface area (Å²) in [5.74, 6) is 0.190. The molecule has 0 aromatic heterocycles. The normalized spacial score (nSPS) is 15.0. The molecule has 21 heavy (non-hydrogen) atoms. The van der Waals surface area contributed by atoms with Crippen LogP contribution in [-0.4, -0.2) is 5.78 Å². The van der Waals surface area contributed by atoms with Gasteiger partial charge in [-0.1, -0.05) is 67.6 Å². The number of hydrogen-bond acceptors (Lipinski definition) is 1. The monoisotopic (exact) mass is 274 g/mol. The summed E-state index contributed by atoms with van der Waals surface area (Å²) in [4.78, 5) is 12.6. The van der Waals surface area contributed by atoms with Crippen molar-refractivity contribution in [1.82, 2.24) is 0 Å². The molecule has 0 bridgehead atoms. The van der Waals surface area contributed by atoms with E-state index >= 15 is 0 Å². The number of carbonyl (C=O) groups is 1. The van der Waals surface area contributed by atoms with Crippen molar-refractivity contribution in [2.75, 3.05) is 0 Å². The first kappa shape index (κ1) is 13.6. The van der Waals surface area contributed by atoms with Gasteiger partial charge in [-0.2, -0.15) is 0 Å². The van der Waals surface area contributed by atoms with Crippen LogP contribution in [0.2, 0.25) is 0 Å². The van der Waals surface area contributed by atoms with Crippen molar-refractivity contribution in [3.8, 4) is 0 Å². The third-order valence-electron chi connectivity index (χ3n) is 4.02. The Balaban J connectivity index is 2.26. The predicted octanol–water partition coefficient (Wildman–Crippen LogP) is 4.91. The van der Waals surface area contributed by atoms with E-state index in [9.17, 15) is 4.79 Å². The number of ketones is 1. The first-order valence-electron chi connectivity index (χ1n) is 7.34. The van der Waals surface area contributed by atoms with Crippen molar-refractivity contribution in [2.24, 2.45) is 0 Å². The van der Waals surface area contributed by atoms with Crippen molar-refractivity contribution in [3.05, 3.63) is 82.9 Å². The summed E-state index contributed by atoms with van der Waals surface area (Å²) in [5, 5.41) is 0. The molecule has 0 spiro atoms. The lowest BCUT2D eigenvalue weighted by Crippen LogP contribution is -1.98. The number of Topliss-reactive ketones (excluding diaryl/α,β-unsaturated/α-hetero) is 1. The topological polar surface area (TPSA) is 17.1 Å². The average molecular weight is 274 g/mol. The molecule has 3 rings (SSSR count). The van der Waals surface area contributed by atoms with Gasteiger partial charge >= 0.3 is 0 Å². The Morgan fingerprint density at radius 2 is 1.24 bits per heavy atom. The van der Waals surface area contributed by atoms with Crippen molar-refractivity contribution in [1.29, 1.82) is 0 Å². The van der Waals surface area contributed by atoms with Gasteiger partial charge in [0, 0.05) is 11.1 Å². The molecule has 2 aromatic carbocycles. The Morgan fingerprint density at radius 3 is 1.71 bits per heavy atom. The lowest BCUT2D eigenvalue weighted by molar-refractivity contribution is -0.112. The molecular formula is C20H18O. The third-order valence-corrected chi connectivity index (χ3v) is 4.02. The number of allylic oxidation sites excluding steroid dienone is 4. The van der Waals surface area contributed by atoms with Gasteiger partial charge in [-0.25, -0.2) is 0 Å². The molecule has 1 aliphatic rings. The summed E-state index contributed by atoms with van der Waals surface area (Å²) >= 11 is 0. The molecule has 0 saturated carbocycles. The van der Waals surface area contributed by atoms with Gasteiger partial charge < -0.3 is 0 Å². The Labute approximate surface area is 125 Å². The number of benzene rings is 2. The maximum Gasteiger partial charge on any atom is 0.185 e. The third kappa shape index (κ3) is 2.25. The van der Waals surface area contributed by atoms with Crippen LogP contribution in [0.15, 0.2) is 71.8 Å². The van der Waals surface area contributed by atoms with Crippen LogP contribution in [0.3, 0.4) is 0 Å². The van der Waals surface area contributed by atoms with Gasteiger partial charge in [0.1, 0.15) is 0 Å². The fourth-order valence-corrected chi connectivity index (χ4v) is 3.02. The second-order valence-electron chi connectivity index (χ2n) is 5.27. The summed E-state index contributed by atoms with van der Waals surface area (Å²) in [7, 11) is 0. The van der Waals surface area contributed by atoms with Crippen LogP contribution >= 0.6 is 0 Å². The second-order valence-corrected chi connectivity index (χ2v) is 5.27. The molecule has 1 aliphatic carbocycles. The molecule has 0 N–H and O–H groups in total. The minimum Gasteiger partial charge on any atom is -0.289 e. The predicted molar refractivity (Wildman–Crippen MR) is 87.7 cm³/mol. The van der Waals surface area contributed by atoms with E-state index in [1.54, 1.807) is 0 Å². The Bertz CT molecular complexity index is 734. The maximum absolute atomic E-state index is 12.6. The van der Waals surface area contributed by atoms with Gasteiger partial charge in [-0.15, -0.1) is 0 Å². The van der Waals surface area contributed by atoms with Gasteiger partial charge in [0.25, 0.3) is 0 Å². The summed E-state index contributed by atoms with van der Waals surface area (Å²) in [6, 6.07) is 20.4. The number of hydrogen-bond donors (Lipinski definition) is 0. The van der Waals surface area contributed by atoms with E-state index in [1.165, 1.54) is 0 Å². The van der Waals surface area contributed by atoms with Crippen molar-refractivity contribution < 1.29 is 4.79 Å². The van der Waals surface area contributed by atoms with Crippen LogP contribution in [0.5, 0.6) is 0 Å². The summed E-state index contributed by atoms with van der Waals surface area (Å²) in [6.07, 6.45) is 0.761. The van der Waals surface area contributed by atoms with Crippen LogP contribution in [0.25, 0.3) is 11.1 Å². The highest BCUT2D eigenvalue weighted by Crippen LogP contribution is 2.43. The number of rotatable bonds is 3. The van der Waals surface area contributed by atoms with Crippen LogP contribution < -0.4 is 0 Å². The van der Waals surface area contributed by atoms with E-state index in [0.717, 1.165) is 39.8 Å². The van der Waals surface area contributed by atoms with Crippen LogP contribution in [0, 0.1) is 0 Å². The number of carbonyl (C=O) groups excluding carboxylic acids is 1. The zero-order valence-electron chi connectivity index (χ0n) is 12.4. The minimum atomic E-state index is 0.190. The Kier molecular flexibility index (Phi) is 3.57. The second kappa shape index (κ2) is 5.53. The molecule has 0 radical (unpaired) electrons. The van der Waals surface area contributed by atoms with Gasteiger partial charge in [-0.05, 0) is 35.6 Å². The molecule has 1 heteroatoms. The molecule has 0 fully saturated rings. The molecule has 0 saturated heterocycles. The standard InChI is InChI=1S/C20H18O/c1-3-17-19(16-12-8-5-9-13-16)18(14(2)20(17)21)15-10-6-4-7-11-15/h4-13H,3H2,1-2H3. The minimum absolute atomic E-state index is 0.190. The average Bonchev–Trinajstić information content (AvgIpc) is 2.80. The molecule has 0 aliphatic heterocycles. The fraction of sp³-hybridized carbons (Fsp3) is 0.150. The van der Waals surface area contributed by atoms with Crippen molar-refractivity contribution in [3.63, 3.8) is 0 Å². The van der Waals surface area contributed by atoms with Gasteiger partial charge in [0.2, 0.25) is 0 Å². The van der Waals surface area contributed by atoms with E-state index in [0.29, 0.717) is 0 Å². The Morgan fingerprint density at radius 1 is 0.762 bits per heavy atom. The quantitative estimate of drug-likeness (QED) is 0.777. The summed E-state index contributed by atoms with van der Waals surface area (Å²) < 4.78 is 0. The van der Waals surface area contributed by atoms with Crippen LogP contribution in [-0.2, 0) is 4.79 Å². The lowest BCUT2D eigenvalue weighted by atomic mass is 9.91. The van der Waals surface area contributed by atoms with Gasteiger partial charge in [0.15, 0.2) is 5.78 Å². The fourth-order valence-electron chi connectivity index (χ4n) is 3.02. The summed E-state index contributed by atoms with van der Waals surface area (Å²) in [6.45, 7) is 3.99. The van der Waals surface area contributed by atoms with E-state index in [-0.39, 0.29) is 5.78 Å². The van der Waals surface area contributed by atoms with E-state index in [4.69, 9.17) is 0 Å². The molecule has 0 atom stereocenters. The molecule has 0 unspecified atom stereocenters. The zero-order valence-corrected chi connectivity index (χ0v) is 12.4. The molecule has 0 heterocycles. The van der Waals surface area contributed by atoms with E-state index in [2.05, 4.69) is 31.2 Å². The first-order chi connectivity index (χ1) is 10.2. The highest BCUT2D eigenvalue weighted by atomic mass is 16.1. The molecule has 104 valence electrons. The molecular weight excluding hydrogens is 256 g/mol. The zero-order chi connectivity index (χ0) is 14.8. The SMILES string of the molecule is CCC1=C(c2ccccc2)C(c2ccccc2)=C(C)C1=O.